The molecule has 0 atom stereocenters. The molecule has 0 aliphatic carbocycles. The van der Waals surface area contributed by atoms with Crippen LogP contribution in [0.1, 0.15) is 81.1 Å². The second-order valence-corrected chi connectivity index (χ2v) is 6.59. The minimum atomic E-state index is 0. The summed E-state index contributed by atoms with van der Waals surface area (Å²) in [6.45, 7) is 12.4. The Labute approximate surface area is 191 Å². The molecular weight excluding hydrogens is 547 g/mol. The topological polar surface area (TPSA) is 171 Å². The molecule has 0 unspecified atom stereocenters. The number of hydrogen-bond donors (Lipinski definition) is 0. The summed E-state index contributed by atoms with van der Waals surface area (Å²) in [7, 11) is 0. The summed E-state index contributed by atoms with van der Waals surface area (Å²) in [6.07, 6.45) is 1.22. The van der Waals surface area contributed by atoms with Crippen LogP contribution in [-0.4, -0.2) is 84.6 Å². The summed E-state index contributed by atoms with van der Waals surface area (Å²) in [6, 6.07) is 0. The van der Waals surface area contributed by atoms with Gasteiger partial charge in [-0.2, -0.15) is 0 Å². The zero-order valence-electron chi connectivity index (χ0n) is 18.9. The predicted molar refractivity (Wildman–Crippen MR) is 119 cm³/mol. The Morgan fingerprint density at radius 3 is 0.379 bits per heavy atom. The molecule has 0 aliphatic rings. The van der Waals surface area contributed by atoms with Crippen LogP contribution in [-0.2, 0) is 25.8 Å². The van der Waals surface area contributed by atoms with E-state index in [0.29, 0.717) is 25.7 Å². The fourth-order valence-electron chi connectivity index (χ4n) is 1.48. The third kappa shape index (κ3) is 76.0. The van der Waals surface area contributed by atoms with Gasteiger partial charge >= 0.3 is 46.3 Å². The summed E-state index contributed by atoms with van der Waals surface area (Å²) in [5, 5.41) is 0. The largest absolute Gasteiger partial charge is 0.302 e. The molecule has 164 valence electrons. The Hall–Kier alpha value is -1.77. The monoisotopic (exact) mass is 588 g/mol. The summed E-state index contributed by atoms with van der Waals surface area (Å²) in [5.74, 6) is 2.00. The van der Waals surface area contributed by atoms with Crippen molar-refractivity contribution in [3.05, 3.63) is 0 Å². The molecule has 0 spiro atoms. The average Bonchev–Trinajstić information content (AvgIpc) is 2.32. The van der Waals surface area contributed by atoms with Crippen molar-refractivity contribution in [2.24, 2.45) is 0 Å². The van der Waals surface area contributed by atoms with Gasteiger partial charge in [0.25, 0.3) is 0 Å². The van der Waals surface area contributed by atoms with Crippen molar-refractivity contribution < 1.29 is 64.2 Å². The molecule has 0 amide bonds. The van der Waals surface area contributed by atoms with E-state index in [2.05, 4.69) is 0 Å². The molecule has 0 rings (SSSR count). The average molecular weight is 587 g/mol. The molecule has 0 heterocycles. The van der Waals surface area contributed by atoms with Crippen LogP contribution in [0.3, 0.4) is 0 Å². The second-order valence-electron chi connectivity index (χ2n) is 6.59. The van der Waals surface area contributed by atoms with Crippen LogP contribution in [0.2, 0.25) is 0 Å². The van der Waals surface area contributed by atoms with Gasteiger partial charge < -0.3 is 0 Å². The van der Waals surface area contributed by atoms with E-state index in [0.717, 1.165) is 0 Å². The van der Waals surface area contributed by atoms with Gasteiger partial charge in [-0.1, -0.05) is 0 Å². The van der Waals surface area contributed by atoms with Crippen molar-refractivity contribution in [2.75, 3.05) is 0 Å². The second kappa shape index (κ2) is 24.3. The molecule has 0 aliphatic heterocycles. The zero-order valence-corrected chi connectivity index (χ0v) is 22.5. The summed E-state index contributed by atoms with van der Waals surface area (Å²) in [5.41, 5.74) is 0. The zero-order chi connectivity index (χ0) is 23.4. The van der Waals surface area contributed by atoms with Gasteiger partial charge in [-0.05, 0) is 0 Å². The first-order valence-corrected chi connectivity index (χ1v) is 8.62. The molecule has 0 radical (unpaired) electrons. The molecule has 0 fully saturated rings. The number of carbonyl (C=O) groups excluding carboxylic acids is 8. The van der Waals surface area contributed by atoms with Crippen LogP contribution < -0.4 is 0 Å². The quantitative estimate of drug-likeness (QED) is 0.230. The molecule has 8 N–H and O–H groups in total. The first-order chi connectivity index (χ1) is 12.5. The smallest absolute Gasteiger partial charge is 0.283 e. The molecule has 0 aromatic carbocycles. The normalized spacial score (nSPS) is 8.00. The predicted octanol–water partition coefficient (Wildman–Crippen LogP) is 2.02. The van der Waals surface area contributed by atoms with E-state index in [4.69, 9.17) is 38.4 Å². The van der Waals surface area contributed by atoms with E-state index in [9.17, 15) is 0 Å². The van der Waals surface area contributed by atoms with Gasteiger partial charge in [0.1, 0.15) is 0 Å². The third-order valence-electron chi connectivity index (χ3n) is 2.05. The molecular formula is C20H40HfO8+8. The fraction of sp³-hybridized carbons (Fsp3) is 0.600. The van der Waals surface area contributed by atoms with Gasteiger partial charge in [0.2, 0.25) is 0 Å². The first kappa shape index (κ1) is 37.9. The summed E-state index contributed by atoms with van der Waals surface area (Å²) >= 11 is 0. The van der Waals surface area contributed by atoms with Crippen LogP contribution in [0.5, 0.6) is 0 Å². The molecule has 0 aromatic rings. The minimum absolute atomic E-state index is 0. The van der Waals surface area contributed by atoms with Crippen LogP contribution in [0.15, 0.2) is 0 Å². The number of ketones is 8. The minimum Gasteiger partial charge on any atom is -0.283 e. The summed E-state index contributed by atoms with van der Waals surface area (Å²) < 4.78 is 0. The van der Waals surface area contributed by atoms with Crippen molar-refractivity contribution >= 4 is 46.3 Å². The fourth-order valence-corrected chi connectivity index (χ4v) is 1.48. The van der Waals surface area contributed by atoms with Gasteiger partial charge in [-0.15, -0.1) is 0 Å². The van der Waals surface area contributed by atoms with Gasteiger partial charge in [0.15, 0.2) is 25.7 Å². The Bertz CT molecular complexity index is 439. The maximum absolute atomic E-state index is 8.46. The van der Waals surface area contributed by atoms with Crippen LogP contribution >= 0.6 is 0 Å². The van der Waals surface area contributed by atoms with E-state index < -0.39 is 0 Å². The van der Waals surface area contributed by atoms with E-state index in [-0.39, 0.29) is 72.1 Å². The third-order valence-corrected chi connectivity index (χ3v) is 2.05. The molecule has 8 nitrogen and oxygen atoms in total. The van der Waals surface area contributed by atoms with E-state index >= 15 is 0 Å². The molecule has 0 bridgehead atoms. The molecule has 9 heteroatoms. The van der Waals surface area contributed by atoms with E-state index in [1.54, 1.807) is 55.4 Å². The number of hydrogen-bond acceptors (Lipinski definition) is 0. The van der Waals surface area contributed by atoms with Gasteiger partial charge in [-0.3, -0.25) is 38.4 Å². The standard InChI is InChI=1S/4C5H8O2.Hf/c4*1-4(6)3-5(2)7;/h4*3H2,1-2H3;/p+8. The van der Waals surface area contributed by atoms with E-state index in [1.807, 2.05) is 0 Å². The molecule has 0 saturated carbocycles. The molecule has 0 aromatic heterocycles. The maximum Gasteiger partial charge on any atom is 0.302 e. The Balaban J connectivity index is -0.0000000873. The molecule has 29 heavy (non-hydrogen) atoms. The Morgan fingerprint density at radius 1 is 0.310 bits per heavy atom. The van der Waals surface area contributed by atoms with Gasteiger partial charge in [0, 0.05) is 81.2 Å². The van der Waals surface area contributed by atoms with Crippen LogP contribution in [0.4, 0.5) is 0 Å². The van der Waals surface area contributed by atoms with Gasteiger partial charge in [-0.25, -0.2) is 0 Å². The van der Waals surface area contributed by atoms with Crippen molar-refractivity contribution in [3.8, 4) is 0 Å². The number of rotatable bonds is 8. The van der Waals surface area contributed by atoms with Crippen LogP contribution in [0, 0.1) is 0 Å². The van der Waals surface area contributed by atoms with Crippen molar-refractivity contribution in [3.63, 3.8) is 0 Å². The van der Waals surface area contributed by atoms with Crippen molar-refractivity contribution in [2.45, 2.75) is 81.1 Å². The van der Waals surface area contributed by atoms with E-state index in [1.165, 1.54) is 0 Å². The SMILES string of the molecule is CC(=[OH+])CC(C)=[OH+].CC(=[OH+])CC(C)=[OH+].CC(=[OH+])CC(C)=[OH+].CC(=[OH+])CC(C)=[OH+].[Hf]. The van der Waals surface area contributed by atoms with Gasteiger partial charge in [0.05, 0.1) is 0 Å². The maximum atomic E-state index is 8.46. The van der Waals surface area contributed by atoms with Crippen LogP contribution in [0.25, 0.3) is 0 Å². The molecule has 0 saturated heterocycles. The van der Waals surface area contributed by atoms with Crippen molar-refractivity contribution in [1.82, 2.24) is 0 Å². The Morgan fingerprint density at radius 2 is 0.379 bits per heavy atom. The summed E-state index contributed by atoms with van der Waals surface area (Å²) in [4.78, 5) is 67.7. The first-order valence-electron chi connectivity index (χ1n) is 8.62. The Kier molecular flexibility index (Phi) is 31.7. The van der Waals surface area contributed by atoms with Crippen molar-refractivity contribution in [1.29, 1.82) is 0 Å².